The van der Waals surface area contributed by atoms with Crippen LogP contribution in [0.15, 0.2) is 0 Å². The minimum atomic E-state index is -0.963. The highest BCUT2D eigenvalue weighted by molar-refractivity contribution is 5.66. The van der Waals surface area contributed by atoms with Crippen LogP contribution in [0.3, 0.4) is 0 Å². The van der Waals surface area contributed by atoms with Crippen LogP contribution in [0, 0.1) is 0 Å². The summed E-state index contributed by atoms with van der Waals surface area (Å²) in [5.74, 6) is 0. The molecule has 1 saturated heterocycles. The third-order valence-electron chi connectivity index (χ3n) is 2.48. The monoisotopic (exact) mass is 203 g/mol. The lowest BCUT2D eigenvalue weighted by Crippen LogP contribution is -2.47. The van der Waals surface area contributed by atoms with Crippen molar-refractivity contribution in [3.05, 3.63) is 0 Å². The standard InChI is InChI=1S/C9H17NO4/c1-9(2)10(8(12)13)7(6-14-9)4-3-5-11/h7,11H,3-6H2,1-2H3,(H,12,13)/t7-/m1/s1. The van der Waals surface area contributed by atoms with E-state index in [1.165, 1.54) is 4.90 Å². The zero-order valence-electron chi connectivity index (χ0n) is 8.56. The smallest absolute Gasteiger partial charge is 0.409 e. The molecule has 0 saturated carbocycles. The molecule has 0 radical (unpaired) electrons. The van der Waals surface area contributed by atoms with E-state index in [1.807, 2.05) is 0 Å². The van der Waals surface area contributed by atoms with Gasteiger partial charge in [-0.15, -0.1) is 0 Å². The highest BCUT2D eigenvalue weighted by atomic mass is 16.5. The molecule has 5 heteroatoms. The lowest BCUT2D eigenvalue weighted by Gasteiger charge is -2.30. The minimum absolute atomic E-state index is 0.0877. The number of aliphatic hydroxyl groups excluding tert-OH is 1. The van der Waals surface area contributed by atoms with E-state index in [0.29, 0.717) is 19.4 Å². The Morgan fingerprint density at radius 1 is 1.64 bits per heavy atom. The highest BCUT2D eigenvalue weighted by Gasteiger charge is 2.43. The third-order valence-corrected chi connectivity index (χ3v) is 2.48. The molecular formula is C9H17NO4. The van der Waals surface area contributed by atoms with Crippen molar-refractivity contribution in [1.29, 1.82) is 0 Å². The Bertz CT molecular complexity index is 217. The van der Waals surface area contributed by atoms with Gasteiger partial charge in [0.1, 0.15) is 5.72 Å². The highest BCUT2D eigenvalue weighted by Crippen LogP contribution is 2.29. The van der Waals surface area contributed by atoms with E-state index in [0.717, 1.165) is 0 Å². The lowest BCUT2D eigenvalue weighted by atomic mass is 10.1. The van der Waals surface area contributed by atoms with Crippen LogP contribution in [0.5, 0.6) is 0 Å². The van der Waals surface area contributed by atoms with E-state index < -0.39 is 11.8 Å². The van der Waals surface area contributed by atoms with Gasteiger partial charge in [-0.25, -0.2) is 4.79 Å². The average molecular weight is 203 g/mol. The molecule has 1 aliphatic heterocycles. The van der Waals surface area contributed by atoms with Gasteiger partial charge in [-0.05, 0) is 26.7 Å². The van der Waals surface area contributed by atoms with Gasteiger partial charge in [-0.3, -0.25) is 4.90 Å². The van der Waals surface area contributed by atoms with Crippen molar-refractivity contribution in [1.82, 2.24) is 4.90 Å². The Morgan fingerprint density at radius 2 is 2.29 bits per heavy atom. The van der Waals surface area contributed by atoms with Crippen molar-refractivity contribution >= 4 is 6.09 Å². The number of amides is 1. The summed E-state index contributed by atoms with van der Waals surface area (Å²) in [6, 6.07) is -0.130. The number of nitrogens with zero attached hydrogens (tertiary/aromatic N) is 1. The molecule has 1 heterocycles. The fourth-order valence-electron chi connectivity index (χ4n) is 1.81. The lowest BCUT2D eigenvalue weighted by molar-refractivity contribution is -0.0422. The first-order chi connectivity index (χ1) is 6.49. The zero-order valence-corrected chi connectivity index (χ0v) is 8.56. The van der Waals surface area contributed by atoms with Gasteiger partial charge in [0.15, 0.2) is 0 Å². The minimum Gasteiger partial charge on any atom is -0.465 e. The van der Waals surface area contributed by atoms with Crippen molar-refractivity contribution in [3.8, 4) is 0 Å². The van der Waals surface area contributed by atoms with Crippen LogP contribution in [-0.2, 0) is 4.74 Å². The van der Waals surface area contributed by atoms with Crippen LogP contribution in [0.4, 0.5) is 4.79 Å². The summed E-state index contributed by atoms with van der Waals surface area (Å²) in [4.78, 5) is 12.3. The Hall–Kier alpha value is -0.810. The molecule has 0 aliphatic carbocycles. The van der Waals surface area contributed by atoms with Crippen LogP contribution < -0.4 is 0 Å². The molecular weight excluding hydrogens is 186 g/mol. The Kier molecular flexibility index (Phi) is 3.34. The summed E-state index contributed by atoms with van der Waals surface area (Å²) in [7, 11) is 0. The van der Waals surface area contributed by atoms with Gasteiger partial charge >= 0.3 is 6.09 Å². The number of ether oxygens (including phenoxy) is 1. The fourth-order valence-corrected chi connectivity index (χ4v) is 1.81. The summed E-state index contributed by atoms with van der Waals surface area (Å²) >= 11 is 0. The van der Waals surface area contributed by atoms with Crippen LogP contribution in [0.2, 0.25) is 0 Å². The predicted molar refractivity (Wildman–Crippen MR) is 50.0 cm³/mol. The Balaban J connectivity index is 2.64. The number of carboxylic acid groups (broad SMARTS) is 1. The number of rotatable bonds is 3. The molecule has 0 unspecified atom stereocenters. The molecule has 0 aromatic carbocycles. The maximum atomic E-state index is 11.0. The number of carbonyl (C=O) groups is 1. The van der Waals surface area contributed by atoms with E-state index >= 15 is 0 Å². The second-order valence-corrected chi connectivity index (χ2v) is 3.93. The van der Waals surface area contributed by atoms with Gasteiger partial charge in [0.25, 0.3) is 0 Å². The number of hydrogen-bond acceptors (Lipinski definition) is 3. The van der Waals surface area contributed by atoms with E-state index in [-0.39, 0.29) is 12.6 Å². The van der Waals surface area contributed by atoms with Crippen LogP contribution >= 0.6 is 0 Å². The molecule has 1 aliphatic rings. The van der Waals surface area contributed by atoms with Crippen molar-refractivity contribution in [2.75, 3.05) is 13.2 Å². The SMILES string of the molecule is CC1(C)OC[C@@H](CCCO)N1C(=O)O. The molecule has 1 fully saturated rings. The molecule has 14 heavy (non-hydrogen) atoms. The molecule has 82 valence electrons. The first-order valence-electron chi connectivity index (χ1n) is 4.76. The molecule has 0 bridgehead atoms. The van der Waals surface area contributed by atoms with Gasteiger partial charge in [-0.2, -0.15) is 0 Å². The van der Waals surface area contributed by atoms with E-state index in [4.69, 9.17) is 14.9 Å². The van der Waals surface area contributed by atoms with Crippen LogP contribution in [0.1, 0.15) is 26.7 Å². The van der Waals surface area contributed by atoms with Gasteiger partial charge < -0.3 is 14.9 Å². The van der Waals surface area contributed by atoms with Crippen LogP contribution in [-0.4, -0.2) is 46.2 Å². The Morgan fingerprint density at radius 3 is 2.79 bits per heavy atom. The summed E-state index contributed by atoms with van der Waals surface area (Å²) < 4.78 is 5.39. The zero-order chi connectivity index (χ0) is 10.8. The van der Waals surface area contributed by atoms with E-state index in [2.05, 4.69) is 0 Å². The van der Waals surface area contributed by atoms with Crippen molar-refractivity contribution in [2.24, 2.45) is 0 Å². The van der Waals surface area contributed by atoms with Gasteiger partial charge in [0.2, 0.25) is 0 Å². The van der Waals surface area contributed by atoms with Crippen molar-refractivity contribution in [2.45, 2.75) is 38.5 Å². The van der Waals surface area contributed by atoms with Crippen LogP contribution in [0.25, 0.3) is 0 Å². The first-order valence-corrected chi connectivity index (χ1v) is 4.76. The van der Waals surface area contributed by atoms with Crippen molar-refractivity contribution < 1.29 is 19.7 Å². The maximum absolute atomic E-state index is 11.0. The largest absolute Gasteiger partial charge is 0.465 e. The van der Waals surface area contributed by atoms with E-state index in [1.54, 1.807) is 13.8 Å². The molecule has 0 aromatic heterocycles. The fraction of sp³-hybridized carbons (Fsp3) is 0.889. The predicted octanol–water partition coefficient (Wildman–Crippen LogP) is 0.874. The molecule has 1 atom stereocenters. The van der Waals surface area contributed by atoms with Gasteiger partial charge in [0, 0.05) is 6.61 Å². The molecule has 1 rings (SSSR count). The quantitative estimate of drug-likeness (QED) is 0.714. The normalized spacial score (nSPS) is 25.4. The average Bonchev–Trinajstić information content (AvgIpc) is 2.37. The maximum Gasteiger partial charge on any atom is 0.409 e. The van der Waals surface area contributed by atoms with Gasteiger partial charge in [0.05, 0.1) is 12.6 Å². The Labute approximate surface area is 83.3 Å². The second-order valence-electron chi connectivity index (χ2n) is 3.93. The number of hydrogen-bond donors (Lipinski definition) is 2. The number of aliphatic hydroxyl groups is 1. The summed E-state index contributed by atoms with van der Waals surface area (Å²) in [6.45, 7) is 3.98. The molecule has 5 nitrogen and oxygen atoms in total. The summed E-state index contributed by atoms with van der Waals surface area (Å²) in [6.07, 6.45) is 0.288. The van der Waals surface area contributed by atoms with E-state index in [9.17, 15) is 4.79 Å². The second kappa shape index (κ2) is 4.14. The third kappa shape index (κ3) is 2.16. The summed E-state index contributed by atoms with van der Waals surface area (Å²) in [5, 5.41) is 17.7. The first kappa shape index (κ1) is 11.3. The molecule has 1 amide bonds. The molecule has 2 N–H and O–H groups in total. The van der Waals surface area contributed by atoms with Crippen molar-refractivity contribution in [3.63, 3.8) is 0 Å². The molecule has 0 spiro atoms. The molecule has 0 aromatic rings. The summed E-state index contributed by atoms with van der Waals surface area (Å²) in [5.41, 5.74) is -0.744. The van der Waals surface area contributed by atoms with Gasteiger partial charge in [-0.1, -0.05) is 0 Å². The topological polar surface area (TPSA) is 70.0 Å².